The van der Waals surface area contributed by atoms with Crippen molar-refractivity contribution < 1.29 is 33.8 Å². The summed E-state index contributed by atoms with van der Waals surface area (Å²) in [6.45, 7) is 14.5. The Bertz CT molecular complexity index is 1410. The fourth-order valence-corrected chi connectivity index (χ4v) is 5.46. The summed E-state index contributed by atoms with van der Waals surface area (Å²) >= 11 is 0. The lowest BCUT2D eigenvalue weighted by Gasteiger charge is -2.36. The quantitative estimate of drug-likeness (QED) is 0.372. The number of para-hydroxylation sites is 1. The Balaban J connectivity index is 1.58. The van der Waals surface area contributed by atoms with Crippen molar-refractivity contribution in [2.75, 3.05) is 6.54 Å². The molecule has 2 aliphatic rings. The zero-order valence-corrected chi connectivity index (χ0v) is 25.7. The number of nitrogens with one attached hydrogen (secondary N) is 2. The van der Waals surface area contributed by atoms with Crippen molar-refractivity contribution in [2.45, 2.75) is 90.3 Å². The first-order valence-electron chi connectivity index (χ1n) is 14.5. The molecule has 1 saturated heterocycles. The van der Waals surface area contributed by atoms with Gasteiger partial charge in [-0.2, -0.15) is 0 Å². The van der Waals surface area contributed by atoms with Gasteiger partial charge in [0.25, 0.3) is 0 Å². The van der Waals surface area contributed by atoms with Crippen LogP contribution in [0.5, 0.6) is 0 Å². The van der Waals surface area contributed by atoms with E-state index in [0.717, 1.165) is 16.5 Å². The van der Waals surface area contributed by atoms with E-state index in [2.05, 4.69) is 22.2 Å². The lowest BCUT2D eigenvalue weighted by Crippen LogP contribution is -2.59. The topological polar surface area (TPSA) is 147 Å². The molecule has 3 amide bonds. The number of rotatable bonds is 9. The molecule has 1 aliphatic carbocycles. The highest BCUT2D eigenvalue weighted by atomic mass is 16.6. The fraction of sp³-hybridized carbons (Fsp3) is 0.531. The number of hydrogen-bond donors (Lipinski definition) is 3. The van der Waals surface area contributed by atoms with Crippen molar-refractivity contribution >= 4 is 34.8 Å². The molecule has 3 N–H and O–H groups in total. The molecule has 43 heavy (non-hydrogen) atoms. The summed E-state index contributed by atoms with van der Waals surface area (Å²) in [6.07, 6.45) is 2.30. The van der Waals surface area contributed by atoms with E-state index in [9.17, 15) is 24.3 Å². The van der Waals surface area contributed by atoms with Crippen LogP contribution in [0, 0.1) is 11.3 Å². The van der Waals surface area contributed by atoms with E-state index in [-0.39, 0.29) is 26.0 Å². The highest BCUT2D eigenvalue weighted by molar-refractivity contribution is 5.96. The molecule has 2 aromatic rings. The van der Waals surface area contributed by atoms with Crippen LogP contribution in [-0.2, 0) is 30.5 Å². The maximum Gasteiger partial charge on any atom is 0.408 e. The van der Waals surface area contributed by atoms with E-state index in [0.29, 0.717) is 0 Å². The summed E-state index contributed by atoms with van der Waals surface area (Å²) in [5.41, 5.74) is -1.32. The Labute approximate surface area is 252 Å². The van der Waals surface area contributed by atoms with Gasteiger partial charge in [0.15, 0.2) is 0 Å². The van der Waals surface area contributed by atoms with Crippen molar-refractivity contribution in [3.8, 4) is 0 Å². The second-order valence-corrected chi connectivity index (χ2v) is 13.4. The number of aromatic nitrogens is 1. The molecule has 0 unspecified atom stereocenters. The summed E-state index contributed by atoms with van der Waals surface area (Å²) < 4.78 is 11.7. The number of aliphatic carboxylic acids is 1. The number of carboxylic acid groups (broad SMARTS) is 1. The molecule has 4 rings (SSSR count). The second kappa shape index (κ2) is 11.9. The third kappa shape index (κ3) is 7.15. The number of carboxylic acids is 1. The number of likely N-dealkylation sites (tertiary alicyclic amines) is 1. The highest BCUT2D eigenvalue weighted by Gasteiger charge is 2.61. The zero-order chi connectivity index (χ0) is 31.7. The van der Waals surface area contributed by atoms with Gasteiger partial charge < -0.3 is 30.1 Å². The Morgan fingerprint density at radius 2 is 1.86 bits per heavy atom. The van der Waals surface area contributed by atoms with Crippen molar-refractivity contribution in [1.29, 1.82) is 0 Å². The third-order valence-electron chi connectivity index (χ3n) is 7.84. The van der Waals surface area contributed by atoms with Crippen LogP contribution in [0.3, 0.4) is 0 Å². The number of benzene rings is 1. The summed E-state index contributed by atoms with van der Waals surface area (Å²) in [7, 11) is 0. The van der Waals surface area contributed by atoms with Crippen LogP contribution < -0.4 is 10.6 Å². The number of pyridine rings is 1. The number of carbonyl (C=O) groups excluding carboxylic acids is 3. The molecule has 0 spiro atoms. The molecular formula is C32H42N4O7. The number of amides is 3. The molecule has 1 aromatic heterocycles. The van der Waals surface area contributed by atoms with Crippen LogP contribution in [0.2, 0.25) is 0 Å². The van der Waals surface area contributed by atoms with Crippen LogP contribution in [0.25, 0.3) is 10.9 Å². The standard InChI is InChI=1S/C32H42N4O7/c1-8-21-16-32(21,28(39)40)35-26(37)23-15-22(42-18-20-12-9-11-19-13-10-14-33-24(19)20)17-36(23)27(38)25(30(2,3)4)34-29(41)43-31(5,6)7/h8-14,21-23,25H,1,15-18H2,2-7H3,(H,34,41)(H,35,37)(H,39,40)/t21-,22-,23+,25-,32+/m1/s1. The van der Waals surface area contributed by atoms with Gasteiger partial charge in [-0.3, -0.25) is 14.6 Å². The summed E-state index contributed by atoms with van der Waals surface area (Å²) in [5, 5.41) is 16.2. The second-order valence-electron chi connectivity index (χ2n) is 13.4. The predicted molar refractivity (Wildman–Crippen MR) is 160 cm³/mol. The minimum absolute atomic E-state index is 0.0721. The van der Waals surface area contributed by atoms with Crippen molar-refractivity contribution in [1.82, 2.24) is 20.5 Å². The zero-order valence-electron chi connectivity index (χ0n) is 25.7. The van der Waals surface area contributed by atoms with Gasteiger partial charge >= 0.3 is 12.1 Å². The first-order valence-corrected chi connectivity index (χ1v) is 14.5. The van der Waals surface area contributed by atoms with Gasteiger partial charge in [0.1, 0.15) is 23.2 Å². The lowest BCUT2D eigenvalue weighted by molar-refractivity contribution is -0.146. The van der Waals surface area contributed by atoms with Gasteiger partial charge in [-0.1, -0.05) is 51.1 Å². The Kier molecular flexibility index (Phi) is 8.87. The smallest absolute Gasteiger partial charge is 0.408 e. The van der Waals surface area contributed by atoms with Crippen molar-refractivity contribution in [2.24, 2.45) is 11.3 Å². The molecule has 1 aromatic carbocycles. The normalized spacial score (nSPS) is 24.2. The van der Waals surface area contributed by atoms with Crippen LogP contribution in [-0.4, -0.2) is 74.7 Å². The number of nitrogens with zero attached hydrogens (tertiary/aromatic N) is 2. The first-order chi connectivity index (χ1) is 20.1. The van der Waals surface area contributed by atoms with E-state index in [1.165, 1.54) is 11.0 Å². The predicted octanol–water partition coefficient (Wildman–Crippen LogP) is 3.81. The number of fused-ring (bicyclic) bond motifs is 1. The van der Waals surface area contributed by atoms with E-state index < -0.39 is 64.5 Å². The molecule has 1 aliphatic heterocycles. The van der Waals surface area contributed by atoms with Crippen LogP contribution >= 0.6 is 0 Å². The monoisotopic (exact) mass is 594 g/mol. The molecule has 2 fully saturated rings. The third-order valence-corrected chi connectivity index (χ3v) is 7.84. The van der Waals surface area contributed by atoms with Gasteiger partial charge in [-0.25, -0.2) is 9.59 Å². The molecule has 11 heteroatoms. The van der Waals surface area contributed by atoms with Gasteiger partial charge in [-0.05, 0) is 38.7 Å². The molecule has 5 atom stereocenters. The SMILES string of the molecule is C=C[C@@H]1C[C@@]1(NC(=O)[C@@H]1C[C@@H](OCc2cccc3cccnc23)CN1C(=O)[C@@H](NC(=O)OC(C)(C)C)C(C)(C)C)C(=O)O. The highest BCUT2D eigenvalue weighted by Crippen LogP contribution is 2.45. The largest absolute Gasteiger partial charge is 0.479 e. The maximum absolute atomic E-state index is 14.1. The van der Waals surface area contributed by atoms with Gasteiger partial charge in [0, 0.05) is 36.0 Å². The van der Waals surface area contributed by atoms with Crippen LogP contribution in [0.1, 0.15) is 59.9 Å². The molecular weight excluding hydrogens is 552 g/mol. The minimum atomic E-state index is -1.46. The average Bonchev–Trinajstić information content (AvgIpc) is 3.47. The average molecular weight is 595 g/mol. The maximum atomic E-state index is 14.1. The fourth-order valence-electron chi connectivity index (χ4n) is 5.46. The molecule has 232 valence electrons. The van der Waals surface area contributed by atoms with E-state index in [1.54, 1.807) is 47.7 Å². The summed E-state index contributed by atoms with van der Waals surface area (Å²) in [5.74, 6) is -2.65. The minimum Gasteiger partial charge on any atom is -0.479 e. The van der Waals surface area contributed by atoms with E-state index in [4.69, 9.17) is 9.47 Å². The number of ether oxygens (including phenoxy) is 2. The summed E-state index contributed by atoms with van der Waals surface area (Å²) in [6, 6.07) is 7.55. The van der Waals surface area contributed by atoms with Gasteiger partial charge in [0.05, 0.1) is 18.2 Å². The molecule has 0 radical (unpaired) electrons. The Morgan fingerprint density at radius 1 is 1.16 bits per heavy atom. The molecule has 1 saturated carbocycles. The first kappa shape index (κ1) is 31.9. The number of carbonyl (C=O) groups is 4. The Morgan fingerprint density at radius 3 is 2.47 bits per heavy atom. The Hall–Kier alpha value is -3.99. The lowest BCUT2D eigenvalue weighted by atomic mass is 9.85. The van der Waals surface area contributed by atoms with E-state index in [1.807, 2.05) is 30.3 Å². The van der Waals surface area contributed by atoms with Crippen LogP contribution in [0.15, 0.2) is 49.2 Å². The van der Waals surface area contributed by atoms with Crippen molar-refractivity contribution in [3.05, 3.63) is 54.7 Å². The molecule has 2 heterocycles. The van der Waals surface area contributed by atoms with Gasteiger partial charge in [0.2, 0.25) is 11.8 Å². The number of alkyl carbamates (subject to hydrolysis) is 1. The van der Waals surface area contributed by atoms with Crippen LogP contribution in [0.4, 0.5) is 4.79 Å². The molecule has 11 nitrogen and oxygen atoms in total. The van der Waals surface area contributed by atoms with Gasteiger partial charge in [-0.15, -0.1) is 6.58 Å². The summed E-state index contributed by atoms with van der Waals surface area (Å²) in [4.78, 5) is 58.5. The van der Waals surface area contributed by atoms with E-state index >= 15 is 0 Å². The number of hydrogen-bond acceptors (Lipinski definition) is 7. The molecule has 0 bridgehead atoms. The van der Waals surface area contributed by atoms with Crippen molar-refractivity contribution in [3.63, 3.8) is 0 Å².